The molecule has 0 saturated carbocycles. The first-order valence-electron chi connectivity index (χ1n) is 6.12. The lowest BCUT2D eigenvalue weighted by Gasteiger charge is -2.07. The minimum absolute atomic E-state index is 0.262. The summed E-state index contributed by atoms with van der Waals surface area (Å²) in [5, 5.41) is 8.22. The average molecular weight is 303 g/mol. The van der Waals surface area contributed by atoms with Gasteiger partial charge in [0, 0.05) is 23.5 Å². The number of aryl methyl sites for hydroxylation is 1. The number of hydrogen-bond acceptors (Lipinski definition) is 9. The Hall–Kier alpha value is -2.59. The van der Waals surface area contributed by atoms with E-state index >= 15 is 0 Å². The van der Waals surface area contributed by atoms with Crippen LogP contribution in [0.2, 0.25) is 0 Å². The molecule has 0 spiro atoms. The zero-order chi connectivity index (χ0) is 14.7. The summed E-state index contributed by atoms with van der Waals surface area (Å²) in [6, 6.07) is 1.78. The normalized spacial score (nSPS) is 10.6. The van der Waals surface area contributed by atoms with E-state index in [1.165, 1.54) is 4.68 Å². The molecule has 10 heteroatoms. The van der Waals surface area contributed by atoms with Crippen molar-refractivity contribution < 1.29 is 0 Å². The van der Waals surface area contributed by atoms with Crippen LogP contribution in [0.1, 0.15) is 9.88 Å². The van der Waals surface area contributed by atoms with Crippen LogP contribution in [0.5, 0.6) is 0 Å². The Balaban J connectivity index is 1.82. The SMILES string of the molecule is Cc1ncc(CNc2nc(NN)nc(-n3cccn3)n2)s1. The lowest BCUT2D eigenvalue weighted by atomic mass is 10.5. The van der Waals surface area contributed by atoms with Gasteiger partial charge in [-0.25, -0.2) is 15.5 Å². The molecule has 21 heavy (non-hydrogen) atoms. The van der Waals surface area contributed by atoms with E-state index in [0.29, 0.717) is 18.4 Å². The highest BCUT2D eigenvalue weighted by molar-refractivity contribution is 7.11. The van der Waals surface area contributed by atoms with Gasteiger partial charge in [-0.2, -0.15) is 20.1 Å². The summed E-state index contributed by atoms with van der Waals surface area (Å²) in [6.45, 7) is 2.54. The maximum absolute atomic E-state index is 5.38. The van der Waals surface area contributed by atoms with Gasteiger partial charge in [0.25, 0.3) is 5.95 Å². The van der Waals surface area contributed by atoms with Gasteiger partial charge in [-0.1, -0.05) is 0 Å². The van der Waals surface area contributed by atoms with Crippen molar-refractivity contribution in [1.29, 1.82) is 0 Å². The molecule has 0 radical (unpaired) electrons. The van der Waals surface area contributed by atoms with Crippen molar-refractivity contribution in [2.24, 2.45) is 5.84 Å². The molecule has 0 amide bonds. The van der Waals surface area contributed by atoms with E-state index < -0.39 is 0 Å². The highest BCUT2D eigenvalue weighted by atomic mass is 32.1. The Morgan fingerprint density at radius 1 is 1.29 bits per heavy atom. The largest absolute Gasteiger partial charge is 0.349 e. The number of nitrogens with one attached hydrogen (secondary N) is 2. The van der Waals surface area contributed by atoms with Crippen LogP contribution in [-0.2, 0) is 6.54 Å². The van der Waals surface area contributed by atoms with Crippen molar-refractivity contribution in [3.8, 4) is 5.95 Å². The monoisotopic (exact) mass is 303 g/mol. The highest BCUT2D eigenvalue weighted by Crippen LogP contribution is 2.14. The fraction of sp³-hybridized carbons (Fsp3) is 0.182. The van der Waals surface area contributed by atoms with E-state index in [4.69, 9.17) is 5.84 Å². The maximum atomic E-state index is 5.38. The van der Waals surface area contributed by atoms with E-state index in [-0.39, 0.29) is 5.95 Å². The van der Waals surface area contributed by atoms with E-state index in [2.05, 4.69) is 35.8 Å². The Morgan fingerprint density at radius 2 is 2.14 bits per heavy atom. The molecule has 0 unspecified atom stereocenters. The van der Waals surface area contributed by atoms with Gasteiger partial charge >= 0.3 is 0 Å². The summed E-state index contributed by atoms with van der Waals surface area (Å²) in [5.74, 6) is 6.44. The van der Waals surface area contributed by atoms with E-state index in [1.54, 1.807) is 29.8 Å². The Kier molecular flexibility index (Phi) is 3.71. The molecule has 0 bridgehead atoms. The predicted octanol–water partition coefficient (Wildman–Crippen LogP) is 0.720. The molecule has 0 saturated heterocycles. The molecule has 0 aliphatic heterocycles. The summed E-state index contributed by atoms with van der Waals surface area (Å²) < 4.78 is 1.53. The second kappa shape index (κ2) is 5.81. The summed E-state index contributed by atoms with van der Waals surface area (Å²) in [6.07, 6.45) is 5.21. The van der Waals surface area contributed by atoms with Crippen LogP contribution in [0.25, 0.3) is 5.95 Å². The average Bonchev–Trinajstić information content (AvgIpc) is 3.16. The van der Waals surface area contributed by atoms with Crippen molar-refractivity contribution in [2.75, 3.05) is 10.7 Å². The second-order valence-electron chi connectivity index (χ2n) is 4.08. The lowest BCUT2D eigenvalue weighted by molar-refractivity contribution is 0.796. The number of nitrogen functional groups attached to an aromatic ring is 1. The van der Waals surface area contributed by atoms with E-state index in [0.717, 1.165) is 9.88 Å². The fourth-order valence-electron chi connectivity index (χ4n) is 1.65. The molecule has 0 aromatic carbocycles. The van der Waals surface area contributed by atoms with E-state index in [1.807, 2.05) is 13.1 Å². The van der Waals surface area contributed by atoms with Crippen LogP contribution in [0.4, 0.5) is 11.9 Å². The van der Waals surface area contributed by atoms with E-state index in [9.17, 15) is 0 Å². The quantitative estimate of drug-likeness (QED) is 0.466. The second-order valence-corrected chi connectivity index (χ2v) is 5.40. The van der Waals surface area contributed by atoms with Crippen LogP contribution < -0.4 is 16.6 Å². The van der Waals surface area contributed by atoms with Crippen LogP contribution in [0, 0.1) is 6.92 Å². The van der Waals surface area contributed by atoms with Gasteiger partial charge in [0.15, 0.2) is 0 Å². The van der Waals surface area contributed by atoms with Gasteiger partial charge < -0.3 is 5.32 Å². The van der Waals surface area contributed by atoms with Crippen molar-refractivity contribution >= 4 is 23.2 Å². The molecule has 0 fully saturated rings. The van der Waals surface area contributed by atoms with Crippen molar-refractivity contribution in [3.63, 3.8) is 0 Å². The number of thiazole rings is 1. The zero-order valence-corrected chi connectivity index (χ0v) is 12.0. The maximum Gasteiger partial charge on any atom is 0.257 e. The number of nitrogens with zero attached hydrogens (tertiary/aromatic N) is 6. The van der Waals surface area contributed by atoms with Crippen LogP contribution in [0.15, 0.2) is 24.7 Å². The predicted molar refractivity (Wildman–Crippen MR) is 78.9 cm³/mol. The fourth-order valence-corrected chi connectivity index (χ4v) is 2.39. The minimum atomic E-state index is 0.262. The molecule has 3 heterocycles. The van der Waals surface area contributed by atoms with Crippen LogP contribution >= 0.6 is 11.3 Å². The molecule has 0 atom stereocenters. The molecule has 108 valence electrons. The molecule has 0 aliphatic carbocycles. The van der Waals surface area contributed by atoms with Gasteiger partial charge in [-0.3, -0.25) is 5.43 Å². The number of nitrogens with two attached hydrogens (primary N) is 1. The molecule has 0 aliphatic rings. The molecule has 3 aromatic rings. The Morgan fingerprint density at radius 3 is 2.81 bits per heavy atom. The third kappa shape index (κ3) is 3.12. The highest BCUT2D eigenvalue weighted by Gasteiger charge is 2.08. The standard InChI is InChI=1S/C11H13N9S/c1-7-13-5-8(21-7)6-14-9-16-10(19-12)18-11(17-9)20-4-2-3-15-20/h2-5H,6,12H2,1H3,(H2,14,16,17,18,19). The smallest absolute Gasteiger partial charge is 0.257 e. The van der Waals surface area contributed by atoms with Crippen molar-refractivity contribution in [2.45, 2.75) is 13.5 Å². The van der Waals surface area contributed by atoms with Gasteiger partial charge in [0.2, 0.25) is 11.9 Å². The topological polar surface area (TPSA) is 119 Å². The van der Waals surface area contributed by atoms with Crippen molar-refractivity contribution in [1.82, 2.24) is 29.7 Å². The molecule has 3 aromatic heterocycles. The first-order valence-corrected chi connectivity index (χ1v) is 6.94. The van der Waals surface area contributed by atoms with Crippen LogP contribution in [0.3, 0.4) is 0 Å². The lowest BCUT2D eigenvalue weighted by Crippen LogP contribution is -2.15. The van der Waals surface area contributed by atoms with Gasteiger partial charge in [0.1, 0.15) is 0 Å². The summed E-state index contributed by atoms with van der Waals surface area (Å²) >= 11 is 1.62. The van der Waals surface area contributed by atoms with Gasteiger partial charge in [-0.15, -0.1) is 11.3 Å². The molecular weight excluding hydrogens is 290 g/mol. The Bertz CT molecular complexity index is 721. The molecule has 9 nitrogen and oxygen atoms in total. The summed E-state index contributed by atoms with van der Waals surface area (Å²) in [4.78, 5) is 17.9. The first kappa shape index (κ1) is 13.4. The third-order valence-corrected chi connectivity index (χ3v) is 3.46. The number of hydrazine groups is 1. The molecule has 3 rings (SSSR count). The molecular formula is C11H13N9S. The van der Waals surface area contributed by atoms with Crippen molar-refractivity contribution in [3.05, 3.63) is 34.5 Å². The minimum Gasteiger partial charge on any atom is -0.349 e. The number of aromatic nitrogens is 6. The third-order valence-electron chi connectivity index (χ3n) is 2.55. The van der Waals surface area contributed by atoms with Crippen LogP contribution in [-0.4, -0.2) is 29.7 Å². The Labute approximate surface area is 124 Å². The summed E-state index contributed by atoms with van der Waals surface area (Å²) in [7, 11) is 0. The summed E-state index contributed by atoms with van der Waals surface area (Å²) in [5.41, 5.74) is 2.42. The van der Waals surface area contributed by atoms with Gasteiger partial charge in [-0.05, 0) is 13.0 Å². The number of hydrogen-bond donors (Lipinski definition) is 3. The number of anilines is 2. The van der Waals surface area contributed by atoms with Gasteiger partial charge in [0.05, 0.1) is 11.6 Å². The molecule has 4 N–H and O–H groups in total. The zero-order valence-electron chi connectivity index (χ0n) is 11.2. The first-order chi connectivity index (χ1) is 10.2. The number of rotatable bonds is 5.